The quantitative estimate of drug-likeness (QED) is 0.556. The Kier molecular flexibility index (Phi) is 9.03. The highest BCUT2D eigenvalue weighted by Crippen LogP contribution is 2.08. The van der Waals surface area contributed by atoms with E-state index in [2.05, 4.69) is 5.32 Å². The Labute approximate surface area is 104 Å². The molecule has 0 saturated carbocycles. The lowest BCUT2D eigenvalue weighted by Gasteiger charge is -2.26. The second-order valence-electron chi connectivity index (χ2n) is 4.10. The van der Waals surface area contributed by atoms with Crippen LogP contribution in [0.25, 0.3) is 0 Å². The maximum absolute atomic E-state index is 11.4. The Balaban J connectivity index is 3.59. The fourth-order valence-electron chi connectivity index (χ4n) is 1.25. The lowest BCUT2D eigenvalue weighted by atomic mass is 9.94. The first-order valence-electron chi connectivity index (χ1n) is 6.29. The third-order valence-corrected chi connectivity index (χ3v) is 2.86. The summed E-state index contributed by atoms with van der Waals surface area (Å²) in [6.07, 6.45) is 1.68. The molecular weight excluding hydrogens is 220 g/mol. The van der Waals surface area contributed by atoms with Gasteiger partial charge in [0.2, 0.25) is 5.91 Å². The standard InChI is InChI=1S/C12H26N2O3/c1-4-12(13,5-2)10-14-11(15)9-17-8-7-16-6-3/h4-10,13H2,1-3H3,(H,14,15). The van der Waals surface area contributed by atoms with Crippen LogP contribution < -0.4 is 11.1 Å². The normalized spacial score (nSPS) is 11.5. The molecule has 0 radical (unpaired) electrons. The molecule has 3 N–H and O–H groups in total. The van der Waals surface area contributed by atoms with Gasteiger partial charge in [-0.2, -0.15) is 0 Å². The summed E-state index contributed by atoms with van der Waals surface area (Å²) in [6, 6.07) is 0. The minimum Gasteiger partial charge on any atom is -0.379 e. The number of hydrogen-bond donors (Lipinski definition) is 2. The lowest BCUT2D eigenvalue weighted by molar-refractivity contribution is -0.126. The molecule has 0 aliphatic rings. The van der Waals surface area contributed by atoms with Gasteiger partial charge in [0.15, 0.2) is 0 Å². The zero-order valence-corrected chi connectivity index (χ0v) is 11.3. The van der Waals surface area contributed by atoms with E-state index in [1.54, 1.807) is 0 Å². The summed E-state index contributed by atoms with van der Waals surface area (Å²) in [7, 11) is 0. The van der Waals surface area contributed by atoms with Crippen molar-refractivity contribution < 1.29 is 14.3 Å². The monoisotopic (exact) mass is 246 g/mol. The highest BCUT2D eigenvalue weighted by molar-refractivity contribution is 5.77. The molecule has 0 aliphatic heterocycles. The minimum atomic E-state index is -0.305. The highest BCUT2D eigenvalue weighted by atomic mass is 16.5. The number of amides is 1. The molecule has 5 nitrogen and oxygen atoms in total. The number of rotatable bonds is 10. The molecule has 1 amide bonds. The molecule has 0 rings (SSSR count). The molecule has 0 aliphatic carbocycles. The summed E-state index contributed by atoms with van der Waals surface area (Å²) < 4.78 is 10.2. The van der Waals surface area contributed by atoms with Crippen molar-refractivity contribution in [3.8, 4) is 0 Å². The molecule has 0 unspecified atom stereocenters. The van der Waals surface area contributed by atoms with Crippen LogP contribution in [0.3, 0.4) is 0 Å². The first-order valence-corrected chi connectivity index (χ1v) is 6.29. The number of ether oxygens (including phenoxy) is 2. The first kappa shape index (κ1) is 16.4. The van der Waals surface area contributed by atoms with Gasteiger partial charge in [0.05, 0.1) is 13.2 Å². The topological polar surface area (TPSA) is 73.6 Å². The van der Waals surface area contributed by atoms with Crippen LogP contribution >= 0.6 is 0 Å². The maximum atomic E-state index is 11.4. The van der Waals surface area contributed by atoms with Crippen molar-refractivity contribution in [2.75, 3.05) is 33.0 Å². The van der Waals surface area contributed by atoms with Crippen molar-refractivity contribution >= 4 is 5.91 Å². The predicted octanol–water partition coefficient (Wildman–Crippen LogP) is 0.673. The zero-order valence-electron chi connectivity index (χ0n) is 11.3. The summed E-state index contributed by atoms with van der Waals surface area (Å²) in [5.41, 5.74) is 5.76. The van der Waals surface area contributed by atoms with Crippen LogP contribution in [0, 0.1) is 0 Å². The number of nitrogens with one attached hydrogen (secondary N) is 1. The largest absolute Gasteiger partial charge is 0.379 e. The average molecular weight is 246 g/mol. The van der Waals surface area contributed by atoms with Gasteiger partial charge in [0.1, 0.15) is 6.61 Å². The number of nitrogens with two attached hydrogens (primary N) is 1. The molecule has 0 aromatic carbocycles. The Bertz CT molecular complexity index is 206. The minimum absolute atomic E-state index is 0.0661. The maximum Gasteiger partial charge on any atom is 0.246 e. The summed E-state index contributed by atoms with van der Waals surface area (Å²) in [5, 5.41) is 2.79. The zero-order chi connectivity index (χ0) is 13.1. The molecule has 0 spiro atoms. The molecule has 0 bridgehead atoms. The van der Waals surface area contributed by atoms with Gasteiger partial charge in [-0.05, 0) is 19.8 Å². The van der Waals surface area contributed by atoms with Gasteiger partial charge in [-0.15, -0.1) is 0 Å². The summed E-state index contributed by atoms with van der Waals surface area (Å²) in [4.78, 5) is 11.4. The number of hydrogen-bond acceptors (Lipinski definition) is 4. The van der Waals surface area contributed by atoms with E-state index in [0.717, 1.165) is 12.8 Å². The average Bonchev–Trinajstić information content (AvgIpc) is 2.35. The smallest absolute Gasteiger partial charge is 0.246 e. The Morgan fingerprint density at radius 3 is 2.29 bits per heavy atom. The third-order valence-electron chi connectivity index (χ3n) is 2.86. The molecule has 0 saturated heterocycles. The van der Waals surface area contributed by atoms with E-state index in [4.69, 9.17) is 15.2 Å². The van der Waals surface area contributed by atoms with Crippen molar-refractivity contribution in [2.24, 2.45) is 5.73 Å². The molecular formula is C12H26N2O3. The molecule has 17 heavy (non-hydrogen) atoms. The van der Waals surface area contributed by atoms with Crippen LogP contribution in [-0.4, -0.2) is 44.4 Å². The van der Waals surface area contributed by atoms with Crippen LogP contribution in [0.1, 0.15) is 33.6 Å². The predicted molar refractivity (Wildman–Crippen MR) is 67.8 cm³/mol. The van der Waals surface area contributed by atoms with Gasteiger partial charge in [0, 0.05) is 18.7 Å². The van der Waals surface area contributed by atoms with Gasteiger partial charge >= 0.3 is 0 Å². The lowest BCUT2D eigenvalue weighted by Crippen LogP contribution is -2.49. The van der Waals surface area contributed by atoms with E-state index in [1.165, 1.54) is 0 Å². The van der Waals surface area contributed by atoms with Crippen LogP contribution in [0.5, 0.6) is 0 Å². The van der Waals surface area contributed by atoms with Crippen LogP contribution in [-0.2, 0) is 14.3 Å². The van der Waals surface area contributed by atoms with Crippen molar-refractivity contribution in [1.29, 1.82) is 0 Å². The van der Waals surface area contributed by atoms with Crippen molar-refractivity contribution in [2.45, 2.75) is 39.2 Å². The van der Waals surface area contributed by atoms with Crippen molar-refractivity contribution in [1.82, 2.24) is 5.32 Å². The van der Waals surface area contributed by atoms with Crippen molar-refractivity contribution in [3.05, 3.63) is 0 Å². The summed E-state index contributed by atoms with van der Waals surface area (Å²) in [5.74, 6) is -0.127. The molecule has 0 fully saturated rings. The SMILES string of the molecule is CCOCCOCC(=O)NCC(N)(CC)CC. The summed E-state index contributed by atoms with van der Waals surface area (Å²) >= 11 is 0. The highest BCUT2D eigenvalue weighted by Gasteiger charge is 2.20. The van der Waals surface area contributed by atoms with Gasteiger partial charge in [0.25, 0.3) is 0 Å². The second-order valence-corrected chi connectivity index (χ2v) is 4.10. The second kappa shape index (κ2) is 9.39. The fraction of sp³-hybridized carbons (Fsp3) is 0.917. The summed E-state index contributed by atoms with van der Waals surface area (Å²) in [6.45, 7) is 8.15. The molecule has 0 heterocycles. The Morgan fingerprint density at radius 2 is 1.76 bits per heavy atom. The van der Waals surface area contributed by atoms with E-state index < -0.39 is 0 Å². The third kappa shape index (κ3) is 8.12. The van der Waals surface area contributed by atoms with E-state index in [-0.39, 0.29) is 18.1 Å². The van der Waals surface area contributed by atoms with Crippen LogP contribution in [0.15, 0.2) is 0 Å². The van der Waals surface area contributed by atoms with Crippen LogP contribution in [0.4, 0.5) is 0 Å². The van der Waals surface area contributed by atoms with Gasteiger partial charge in [-0.25, -0.2) is 0 Å². The number of carbonyl (C=O) groups excluding carboxylic acids is 1. The van der Waals surface area contributed by atoms with Crippen molar-refractivity contribution in [3.63, 3.8) is 0 Å². The van der Waals surface area contributed by atoms with Gasteiger partial charge < -0.3 is 20.5 Å². The van der Waals surface area contributed by atoms with Gasteiger partial charge in [-0.3, -0.25) is 4.79 Å². The molecule has 5 heteroatoms. The van der Waals surface area contributed by atoms with E-state index in [1.807, 2.05) is 20.8 Å². The van der Waals surface area contributed by atoms with Gasteiger partial charge in [-0.1, -0.05) is 13.8 Å². The number of carbonyl (C=O) groups is 1. The Morgan fingerprint density at radius 1 is 1.18 bits per heavy atom. The molecule has 0 aromatic rings. The van der Waals surface area contributed by atoms with Crippen LogP contribution in [0.2, 0.25) is 0 Å². The molecule has 102 valence electrons. The molecule has 0 atom stereocenters. The first-order chi connectivity index (χ1) is 8.08. The molecule has 0 aromatic heterocycles. The van der Waals surface area contributed by atoms with E-state index >= 15 is 0 Å². The Hall–Kier alpha value is -0.650. The van der Waals surface area contributed by atoms with E-state index in [0.29, 0.717) is 26.4 Å². The van der Waals surface area contributed by atoms with E-state index in [9.17, 15) is 4.79 Å². The fourth-order valence-corrected chi connectivity index (χ4v) is 1.25.